The minimum atomic E-state index is -0.771. The Morgan fingerprint density at radius 1 is 0.441 bits per heavy atom. The molecule has 8 aliphatic carbocycles. The van der Waals surface area contributed by atoms with Gasteiger partial charge in [-0.15, -0.1) is 24.8 Å². The van der Waals surface area contributed by atoms with E-state index in [1.807, 2.05) is 0 Å². The van der Waals surface area contributed by atoms with Crippen LogP contribution in [-0.2, 0) is 19.2 Å². The number of carboxylic acids is 4. The molecule has 8 bridgehead atoms. The Balaban J connectivity index is 0.000000180. The number of halogens is 2. The number of aliphatic carboxylic acids is 4. The molecule has 8 rings (SSSR count). The van der Waals surface area contributed by atoms with Crippen LogP contribution in [0.4, 0.5) is 0 Å². The molecule has 34 heavy (non-hydrogen) atoms. The van der Waals surface area contributed by atoms with Crippen molar-refractivity contribution in [2.45, 2.75) is 77.0 Å². The van der Waals surface area contributed by atoms with Crippen LogP contribution in [0.3, 0.4) is 0 Å². The van der Waals surface area contributed by atoms with E-state index in [2.05, 4.69) is 0 Å². The van der Waals surface area contributed by atoms with Gasteiger partial charge in [-0.2, -0.15) is 0 Å². The second kappa shape index (κ2) is 8.54. The van der Waals surface area contributed by atoms with Crippen LogP contribution in [0.15, 0.2) is 0 Å². The van der Waals surface area contributed by atoms with E-state index in [1.54, 1.807) is 0 Å². The van der Waals surface area contributed by atoms with Crippen molar-refractivity contribution in [3.05, 3.63) is 0 Å². The molecule has 0 aliphatic heterocycles. The first kappa shape index (κ1) is 27.1. The van der Waals surface area contributed by atoms with Crippen LogP contribution < -0.4 is 0 Å². The van der Waals surface area contributed by atoms with Crippen molar-refractivity contribution in [2.24, 2.45) is 45.3 Å². The zero-order valence-electron chi connectivity index (χ0n) is 19.0. The lowest BCUT2D eigenvalue weighted by Gasteiger charge is -2.58. The van der Waals surface area contributed by atoms with Crippen LogP contribution in [0.5, 0.6) is 0 Å². The first-order chi connectivity index (χ1) is 14.9. The molecule has 0 saturated heterocycles. The van der Waals surface area contributed by atoms with E-state index in [0.29, 0.717) is 87.9 Å². The van der Waals surface area contributed by atoms with E-state index in [4.69, 9.17) is 0 Å². The molecule has 10 heteroatoms. The molecule has 192 valence electrons. The summed E-state index contributed by atoms with van der Waals surface area (Å²) in [5.74, 6) is -1.78. The third kappa shape index (κ3) is 3.89. The largest absolute Gasteiger partial charge is 0.481 e. The average molecular weight is 521 g/mol. The van der Waals surface area contributed by atoms with E-state index in [1.165, 1.54) is 0 Å². The Kier molecular flexibility index (Phi) is 6.80. The summed E-state index contributed by atoms with van der Waals surface area (Å²) < 4.78 is 0. The SMILES string of the molecule is Cl.Cl.O=C(O)C12CC3CC(C1)CC(C(=O)O)(C3)C2.O=C(O)C12CC3CC(C1)CC(C(=O)O)(C3)C2. The van der Waals surface area contributed by atoms with Crippen molar-refractivity contribution < 1.29 is 39.6 Å². The lowest BCUT2D eigenvalue weighted by Crippen LogP contribution is -2.57. The monoisotopic (exact) mass is 520 g/mol. The lowest BCUT2D eigenvalue weighted by molar-refractivity contribution is -0.188. The molecule has 0 heterocycles. The maximum absolute atomic E-state index is 11.4. The van der Waals surface area contributed by atoms with Gasteiger partial charge in [0.2, 0.25) is 0 Å². The van der Waals surface area contributed by atoms with E-state index in [0.717, 1.165) is 12.8 Å². The molecule has 4 N–H and O–H groups in total. The van der Waals surface area contributed by atoms with Crippen molar-refractivity contribution in [1.82, 2.24) is 0 Å². The van der Waals surface area contributed by atoms with E-state index in [-0.39, 0.29) is 24.8 Å². The average Bonchev–Trinajstić information content (AvgIpc) is 2.66. The number of hydrogen-bond acceptors (Lipinski definition) is 4. The molecule has 0 aromatic rings. The van der Waals surface area contributed by atoms with E-state index < -0.39 is 45.5 Å². The summed E-state index contributed by atoms with van der Waals surface area (Å²) in [6.07, 6.45) is 8.43. The number of carbonyl (C=O) groups is 4. The molecular weight excluding hydrogens is 487 g/mol. The summed E-state index contributed by atoms with van der Waals surface area (Å²) in [4.78, 5) is 45.7. The van der Waals surface area contributed by atoms with Gasteiger partial charge in [-0.1, -0.05) is 0 Å². The van der Waals surface area contributed by atoms with Crippen molar-refractivity contribution in [3.63, 3.8) is 0 Å². The van der Waals surface area contributed by atoms with Gasteiger partial charge in [0.05, 0.1) is 21.7 Å². The minimum Gasteiger partial charge on any atom is -0.481 e. The molecular formula is C24H34Cl2O8. The van der Waals surface area contributed by atoms with Gasteiger partial charge in [-0.05, 0) is 101 Å². The van der Waals surface area contributed by atoms with Crippen LogP contribution in [0.2, 0.25) is 0 Å². The predicted octanol–water partition coefficient (Wildman–Crippen LogP) is 4.33. The molecule has 8 fully saturated rings. The molecule has 0 spiro atoms. The molecule has 8 saturated carbocycles. The van der Waals surface area contributed by atoms with Gasteiger partial charge < -0.3 is 20.4 Å². The van der Waals surface area contributed by atoms with Crippen molar-refractivity contribution in [3.8, 4) is 0 Å². The van der Waals surface area contributed by atoms with Gasteiger partial charge in [-0.25, -0.2) is 0 Å². The maximum Gasteiger partial charge on any atom is 0.309 e. The summed E-state index contributed by atoms with van der Waals surface area (Å²) in [5, 5.41) is 37.5. The van der Waals surface area contributed by atoms with Gasteiger partial charge in [0.15, 0.2) is 0 Å². The third-order valence-electron chi connectivity index (χ3n) is 9.94. The Morgan fingerprint density at radius 2 is 0.618 bits per heavy atom. The normalized spacial score (nSPS) is 46.4. The van der Waals surface area contributed by atoms with Gasteiger partial charge in [0, 0.05) is 0 Å². The molecule has 8 aliphatic rings. The van der Waals surface area contributed by atoms with E-state index in [9.17, 15) is 39.6 Å². The summed E-state index contributed by atoms with van der Waals surface area (Å²) >= 11 is 0. The van der Waals surface area contributed by atoms with Crippen LogP contribution in [0.25, 0.3) is 0 Å². The minimum absolute atomic E-state index is 0. The molecule has 0 unspecified atom stereocenters. The highest BCUT2D eigenvalue weighted by Crippen LogP contribution is 2.66. The predicted molar refractivity (Wildman–Crippen MR) is 124 cm³/mol. The Labute approximate surface area is 210 Å². The Hall–Kier alpha value is -1.54. The summed E-state index contributed by atoms with van der Waals surface area (Å²) in [6, 6.07) is 0. The summed E-state index contributed by atoms with van der Waals surface area (Å²) in [6.45, 7) is 0. The maximum atomic E-state index is 11.4. The van der Waals surface area contributed by atoms with Crippen LogP contribution in [0.1, 0.15) is 77.0 Å². The topological polar surface area (TPSA) is 149 Å². The molecule has 0 amide bonds. The summed E-state index contributed by atoms with van der Waals surface area (Å²) in [7, 11) is 0. The highest BCUT2D eigenvalue weighted by molar-refractivity contribution is 5.85. The smallest absolute Gasteiger partial charge is 0.309 e. The highest BCUT2D eigenvalue weighted by Gasteiger charge is 2.64. The van der Waals surface area contributed by atoms with Crippen LogP contribution in [-0.4, -0.2) is 44.3 Å². The molecule has 0 atom stereocenters. The standard InChI is InChI=1S/2C12H16O4.2ClH/c2*13-9(14)11-2-7-1-8(4-11)5-12(3-7,6-11)10(15)16;;/h2*7-8H,1-6H2,(H,13,14)(H,15,16);2*1H. The first-order valence-corrected chi connectivity index (χ1v) is 11.9. The quantitative estimate of drug-likeness (QED) is 0.427. The second-order valence-corrected chi connectivity index (χ2v) is 12.3. The second-order valence-electron chi connectivity index (χ2n) is 12.3. The number of carboxylic acid groups (broad SMARTS) is 4. The van der Waals surface area contributed by atoms with Gasteiger partial charge in [0.1, 0.15) is 0 Å². The third-order valence-corrected chi connectivity index (χ3v) is 9.94. The number of rotatable bonds is 4. The van der Waals surface area contributed by atoms with Crippen molar-refractivity contribution >= 4 is 48.7 Å². The first-order valence-electron chi connectivity index (χ1n) is 11.9. The van der Waals surface area contributed by atoms with E-state index >= 15 is 0 Å². The van der Waals surface area contributed by atoms with Gasteiger partial charge >= 0.3 is 23.9 Å². The Bertz CT molecular complexity index is 737. The fourth-order valence-electron chi connectivity index (χ4n) is 9.53. The lowest BCUT2D eigenvalue weighted by atomic mass is 9.44. The van der Waals surface area contributed by atoms with Gasteiger partial charge in [0.25, 0.3) is 0 Å². The zero-order chi connectivity index (χ0) is 23.1. The van der Waals surface area contributed by atoms with Crippen molar-refractivity contribution in [2.75, 3.05) is 0 Å². The Morgan fingerprint density at radius 3 is 0.765 bits per heavy atom. The molecule has 8 nitrogen and oxygen atoms in total. The number of hydrogen-bond donors (Lipinski definition) is 4. The van der Waals surface area contributed by atoms with Gasteiger partial charge in [-0.3, -0.25) is 19.2 Å². The molecule has 0 radical (unpaired) electrons. The fraction of sp³-hybridized carbons (Fsp3) is 0.833. The zero-order valence-corrected chi connectivity index (χ0v) is 20.7. The summed E-state index contributed by atoms with van der Waals surface area (Å²) in [5.41, 5.74) is -2.88. The van der Waals surface area contributed by atoms with Crippen LogP contribution in [0, 0.1) is 45.3 Å². The fourth-order valence-corrected chi connectivity index (χ4v) is 9.53. The highest BCUT2D eigenvalue weighted by atomic mass is 35.5. The van der Waals surface area contributed by atoms with Crippen molar-refractivity contribution in [1.29, 1.82) is 0 Å². The molecule has 0 aromatic carbocycles. The molecule has 0 aromatic heterocycles. The van der Waals surface area contributed by atoms with Crippen LogP contribution >= 0.6 is 24.8 Å².